The molecule has 0 aromatic carbocycles. The third-order valence-electron chi connectivity index (χ3n) is 5.44. The first-order valence-electron chi connectivity index (χ1n) is 10.6. The molecule has 0 amide bonds. The van der Waals surface area contributed by atoms with Gasteiger partial charge in [0.15, 0.2) is 5.01 Å². The van der Waals surface area contributed by atoms with Crippen molar-refractivity contribution in [1.29, 1.82) is 0 Å². The number of hydrogen-bond donors (Lipinski definition) is 1. The minimum atomic E-state index is -2.59. The van der Waals surface area contributed by atoms with Crippen molar-refractivity contribution in [3.63, 3.8) is 0 Å². The smallest absolute Gasteiger partial charge is 0.251 e. The Bertz CT molecular complexity index is 1240. The van der Waals surface area contributed by atoms with Gasteiger partial charge in [0, 0.05) is 50.1 Å². The quantitative estimate of drug-likeness (QED) is 0.458. The second kappa shape index (κ2) is 8.09. The zero-order chi connectivity index (χ0) is 22.3. The highest BCUT2D eigenvalue weighted by molar-refractivity contribution is 7.18. The highest BCUT2D eigenvalue weighted by atomic mass is 32.1. The van der Waals surface area contributed by atoms with Gasteiger partial charge >= 0.3 is 0 Å². The molecule has 0 radical (unpaired) electrons. The number of pyridine rings is 1. The summed E-state index contributed by atoms with van der Waals surface area (Å²) in [5, 5.41) is 17.9. The Balaban J connectivity index is 1.48. The summed E-state index contributed by atoms with van der Waals surface area (Å²) < 4.78 is 28.9. The number of nitrogens with zero attached hydrogens (tertiary/aromatic N) is 6. The van der Waals surface area contributed by atoms with E-state index in [1.54, 1.807) is 12.4 Å². The van der Waals surface area contributed by atoms with E-state index in [4.69, 9.17) is 0 Å². The van der Waals surface area contributed by atoms with Crippen molar-refractivity contribution in [3.05, 3.63) is 42.7 Å². The number of piperidine rings is 1. The molecule has 1 saturated heterocycles. The summed E-state index contributed by atoms with van der Waals surface area (Å²) in [7, 11) is 0. The number of nitrogens with one attached hydrogen (secondary N) is 1. The summed E-state index contributed by atoms with van der Waals surface area (Å²) >= 11 is 1.40. The molecule has 4 aromatic rings. The van der Waals surface area contributed by atoms with Gasteiger partial charge in [-0.05, 0) is 44.2 Å². The van der Waals surface area contributed by atoms with Crippen LogP contribution in [0.3, 0.4) is 0 Å². The number of aromatic nitrogens is 5. The van der Waals surface area contributed by atoms with Gasteiger partial charge in [0.25, 0.3) is 5.92 Å². The average molecular weight is 456 g/mol. The number of halogens is 2. The van der Waals surface area contributed by atoms with Crippen LogP contribution in [0.15, 0.2) is 42.7 Å². The summed E-state index contributed by atoms with van der Waals surface area (Å²) in [5.74, 6) is -2.59. The zero-order valence-electron chi connectivity index (χ0n) is 17.8. The molecule has 7 nitrogen and oxygen atoms in total. The molecule has 0 spiro atoms. The molecule has 0 saturated carbocycles. The van der Waals surface area contributed by atoms with Gasteiger partial charge in [-0.3, -0.25) is 4.98 Å². The molecular weight excluding hydrogens is 432 g/mol. The van der Waals surface area contributed by atoms with Crippen molar-refractivity contribution < 1.29 is 8.78 Å². The topological polar surface area (TPSA) is 71.2 Å². The van der Waals surface area contributed by atoms with E-state index in [2.05, 4.69) is 39.4 Å². The van der Waals surface area contributed by atoms with Crippen LogP contribution in [0.1, 0.15) is 26.7 Å². The summed E-state index contributed by atoms with van der Waals surface area (Å²) in [6.45, 7) is 4.70. The Hall–Kier alpha value is -3.14. The lowest BCUT2D eigenvalue weighted by molar-refractivity contribution is -0.0220. The fourth-order valence-electron chi connectivity index (χ4n) is 3.81. The Kier molecular flexibility index (Phi) is 5.24. The lowest BCUT2D eigenvalue weighted by Gasteiger charge is -2.30. The van der Waals surface area contributed by atoms with E-state index in [0.717, 1.165) is 28.2 Å². The first-order valence-corrected chi connectivity index (χ1v) is 11.4. The predicted molar refractivity (Wildman–Crippen MR) is 122 cm³/mol. The van der Waals surface area contributed by atoms with E-state index in [9.17, 15) is 8.78 Å². The van der Waals surface area contributed by atoms with E-state index in [-0.39, 0.29) is 32.0 Å². The van der Waals surface area contributed by atoms with Gasteiger partial charge in [-0.15, -0.1) is 10.2 Å². The van der Waals surface area contributed by atoms with Crippen LogP contribution in [0.2, 0.25) is 0 Å². The summed E-state index contributed by atoms with van der Waals surface area (Å²) in [5.41, 5.74) is 4.41. The van der Waals surface area contributed by atoms with Gasteiger partial charge in [-0.2, -0.15) is 5.10 Å². The molecule has 0 aliphatic carbocycles. The SMILES string of the molecule is CC(C)Nc1cc(-c2ccc3cccnn23)ncc1-c1nnc(N2CCC(F)(F)CC2)s1. The number of fused-ring (bicyclic) bond motifs is 1. The number of alkyl halides is 2. The number of hydrogen-bond acceptors (Lipinski definition) is 7. The van der Waals surface area contributed by atoms with Crippen LogP contribution >= 0.6 is 11.3 Å². The van der Waals surface area contributed by atoms with Crippen LogP contribution in [0, 0.1) is 0 Å². The van der Waals surface area contributed by atoms with Crippen LogP contribution in [-0.2, 0) is 0 Å². The van der Waals surface area contributed by atoms with Crippen molar-refractivity contribution in [1.82, 2.24) is 24.8 Å². The minimum Gasteiger partial charge on any atom is -0.382 e. The normalized spacial score (nSPS) is 16.1. The zero-order valence-corrected chi connectivity index (χ0v) is 18.6. The third-order valence-corrected chi connectivity index (χ3v) is 6.46. The van der Waals surface area contributed by atoms with Crippen molar-refractivity contribution in [3.8, 4) is 22.0 Å². The Labute approximate surface area is 188 Å². The summed E-state index contributed by atoms with van der Waals surface area (Å²) in [4.78, 5) is 6.56. The highest BCUT2D eigenvalue weighted by Gasteiger charge is 2.35. The van der Waals surface area contributed by atoms with E-state index < -0.39 is 5.92 Å². The van der Waals surface area contributed by atoms with Crippen LogP contribution in [0.5, 0.6) is 0 Å². The molecule has 10 heteroatoms. The van der Waals surface area contributed by atoms with E-state index in [0.29, 0.717) is 10.1 Å². The van der Waals surface area contributed by atoms with Gasteiger partial charge in [-0.25, -0.2) is 13.3 Å². The average Bonchev–Trinajstić information content (AvgIpc) is 3.41. The largest absolute Gasteiger partial charge is 0.382 e. The monoisotopic (exact) mass is 455 g/mol. The molecule has 32 heavy (non-hydrogen) atoms. The van der Waals surface area contributed by atoms with Gasteiger partial charge in [0.05, 0.1) is 22.5 Å². The maximum Gasteiger partial charge on any atom is 0.251 e. The lowest BCUT2D eigenvalue weighted by Crippen LogP contribution is -2.39. The standard InChI is InChI=1S/C22H23F2N7S/c1-14(2)27-17-12-18(19-6-5-15-4-3-9-26-31(15)19)25-13-16(17)20-28-29-21(32-20)30-10-7-22(23,24)8-11-30/h3-6,9,12-14H,7-8,10-11H2,1-2H3,(H,25,27). The fraction of sp³-hybridized carbons (Fsp3) is 0.364. The Morgan fingerprint density at radius 3 is 2.72 bits per heavy atom. The maximum absolute atomic E-state index is 13.5. The van der Waals surface area contributed by atoms with E-state index in [1.807, 2.05) is 39.7 Å². The van der Waals surface area contributed by atoms with Crippen LogP contribution in [-0.4, -0.2) is 49.8 Å². The fourth-order valence-corrected chi connectivity index (χ4v) is 4.73. The lowest BCUT2D eigenvalue weighted by atomic mass is 10.1. The molecule has 1 N–H and O–H groups in total. The first-order chi connectivity index (χ1) is 15.4. The first kappa shape index (κ1) is 20.7. The van der Waals surface area contributed by atoms with E-state index in [1.165, 1.54) is 11.3 Å². The molecule has 5 rings (SSSR count). The highest BCUT2D eigenvalue weighted by Crippen LogP contribution is 2.37. The van der Waals surface area contributed by atoms with Crippen LogP contribution < -0.4 is 10.2 Å². The van der Waals surface area contributed by atoms with E-state index >= 15 is 0 Å². The minimum absolute atomic E-state index is 0.155. The molecular formula is C22H23F2N7S. The molecule has 5 heterocycles. The molecule has 166 valence electrons. The predicted octanol–water partition coefficient (Wildman–Crippen LogP) is 4.97. The second-order valence-corrected chi connectivity index (χ2v) is 9.18. The van der Waals surface area contributed by atoms with Crippen molar-refractivity contribution in [2.45, 2.75) is 38.7 Å². The molecule has 4 aromatic heterocycles. The number of rotatable bonds is 5. The Morgan fingerprint density at radius 2 is 1.94 bits per heavy atom. The van der Waals surface area contributed by atoms with Crippen LogP contribution in [0.4, 0.5) is 19.6 Å². The van der Waals surface area contributed by atoms with Crippen molar-refractivity contribution >= 4 is 27.7 Å². The maximum atomic E-state index is 13.5. The Morgan fingerprint density at radius 1 is 1.12 bits per heavy atom. The van der Waals surface area contributed by atoms with Crippen LogP contribution in [0.25, 0.3) is 27.5 Å². The molecule has 0 atom stereocenters. The molecule has 0 unspecified atom stereocenters. The van der Waals surface area contributed by atoms with Gasteiger partial charge < -0.3 is 10.2 Å². The third kappa shape index (κ3) is 4.02. The van der Waals surface area contributed by atoms with Crippen molar-refractivity contribution in [2.75, 3.05) is 23.3 Å². The second-order valence-electron chi connectivity index (χ2n) is 8.23. The molecule has 0 bridgehead atoms. The van der Waals surface area contributed by atoms with Crippen molar-refractivity contribution in [2.24, 2.45) is 0 Å². The number of anilines is 2. The molecule has 1 aliphatic heterocycles. The molecule has 1 fully saturated rings. The molecule has 1 aliphatic rings. The summed E-state index contributed by atoms with van der Waals surface area (Å²) in [6, 6.07) is 10.1. The van der Waals surface area contributed by atoms with Gasteiger partial charge in [-0.1, -0.05) is 11.3 Å². The van der Waals surface area contributed by atoms with Gasteiger partial charge in [0.1, 0.15) is 0 Å². The summed E-state index contributed by atoms with van der Waals surface area (Å²) in [6.07, 6.45) is 3.23. The van der Waals surface area contributed by atoms with Gasteiger partial charge in [0.2, 0.25) is 5.13 Å².